The average molecular weight is 871 g/mol. The van der Waals surface area contributed by atoms with Crippen molar-refractivity contribution < 1.29 is 27.3 Å². The molecule has 0 aliphatic carbocycles. The molecule has 0 bridgehead atoms. The van der Waals surface area contributed by atoms with Gasteiger partial charge < -0.3 is 27.3 Å². The second kappa shape index (κ2) is 18.7. The molecule has 0 spiro atoms. The van der Waals surface area contributed by atoms with Gasteiger partial charge in [-0.15, -0.1) is 0 Å². The summed E-state index contributed by atoms with van der Waals surface area (Å²) >= 11 is 0. The minimum Gasteiger partial charge on any atom is -0.304 e. The lowest BCUT2D eigenvalue weighted by Gasteiger charge is -2.19. The Balaban J connectivity index is 0.989. The molecular weight excluding hydrogens is 823 g/mol. The number of fused-ring (bicyclic) bond motifs is 2. The molecule has 6 nitrogen and oxygen atoms in total. The van der Waals surface area contributed by atoms with Crippen molar-refractivity contribution in [2.75, 3.05) is 0 Å². The number of hydrogen-bond donors (Lipinski definition) is 6. The molecular formula is C50H48O6P2S2. The summed E-state index contributed by atoms with van der Waals surface area (Å²) in [6, 6.07) is 58.5. The van der Waals surface area contributed by atoms with Crippen LogP contribution in [0.4, 0.5) is 0 Å². The zero-order chi connectivity index (χ0) is 41.7. The molecule has 2 atom stereocenters. The molecule has 306 valence electrons. The van der Waals surface area contributed by atoms with Crippen molar-refractivity contribution in [1.29, 1.82) is 0 Å². The van der Waals surface area contributed by atoms with Gasteiger partial charge in [-0.3, -0.25) is 0 Å². The van der Waals surface area contributed by atoms with Crippen molar-refractivity contribution in [2.45, 2.75) is 48.3 Å². The van der Waals surface area contributed by atoms with Gasteiger partial charge in [0.25, 0.3) is 0 Å². The molecule has 2 unspecified atom stereocenters. The molecule has 6 N–H and O–H groups in total. The summed E-state index contributed by atoms with van der Waals surface area (Å²) in [4.78, 5) is 0.282. The lowest BCUT2D eigenvalue weighted by Crippen LogP contribution is -2.10. The van der Waals surface area contributed by atoms with E-state index in [9.17, 15) is 27.3 Å². The van der Waals surface area contributed by atoms with Crippen LogP contribution in [0.5, 0.6) is 0 Å². The maximum absolute atomic E-state index is 9.49. The molecule has 0 saturated carbocycles. The summed E-state index contributed by atoms with van der Waals surface area (Å²) in [5.74, 6) is 0. The fourth-order valence-electron chi connectivity index (χ4n) is 7.76. The first-order chi connectivity index (χ1) is 29.0. The van der Waals surface area contributed by atoms with E-state index in [2.05, 4.69) is 121 Å². The van der Waals surface area contributed by atoms with Crippen LogP contribution in [0, 0.1) is 0 Å². The molecule has 8 aromatic carbocycles. The third-order valence-corrected chi connectivity index (χ3v) is 15.2. The normalized spacial score (nSPS) is 13.0. The standard InChI is InChI=1S/C50H48O6P2S2/c51-59(52,53)44-28-19-37(20-29-44)9-5-7-35-15-24-41(25-16-35)57-43-33-40-12-2-3-13-46(40)48(34-43)50-47-14-4-1-11-39(47)23-32-49(50)58-42-26-17-36(18-27-42)8-6-10-38-21-30-45(31-22-38)60(54,55)56/h1-4,11-34,51-58H,5-10H2. The van der Waals surface area contributed by atoms with E-state index in [0.29, 0.717) is 17.2 Å². The smallest absolute Gasteiger partial charge is 0.112 e. The van der Waals surface area contributed by atoms with Crippen LogP contribution in [-0.2, 0) is 25.7 Å². The van der Waals surface area contributed by atoms with Crippen LogP contribution in [0.1, 0.15) is 35.1 Å². The van der Waals surface area contributed by atoms with Crippen molar-refractivity contribution in [1.82, 2.24) is 0 Å². The Morgan fingerprint density at radius 2 is 0.800 bits per heavy atom. The highest BCUT2D eigenvalue weighted by Gasteiger charge is 2.17. The third kappa shape index (κ3) is 10.5. The lowest BCUT2D eigenvalue weighted by atomic mass is 9.94. The third-order valence-electron chi connectivity index (χ3n) is 10.9. The second-order valence-corrected chi connectivity index (χ2v) is 20.9. The highest BCUT2D eigenvalue weighted by molar-refractivity contribution is 8.19. The molecule has 0 fully saturated rings. The van der Waals surface area contributed by atoms with Crippen molar-refractivity contribution in [2.24, 2.45) is 0 Å². The molecule has 0 aliphatic rings. The quantitative estimate of drug-likeness (QED) is 0.0571. The van der Waals surface area contributed by atoms with Crippen LogP contribution in [0.3, 0.4) is 0 Å². The van der Waals surface area contributed by atoms with Crippen LogP contribution in [0.15, 0.2) is 180 Å². The average Bonchev–Trinajstić information content (AvgIpc) is 3.24. The molecule has 0 radical (unpaired) electrons. The summed E-state index contributed by atoms with van der Waals surface area (Å²) in [7, 11) is -6.40. The molecule has 8 rings (SSSR count). The SMILES string of the molecule is OS(O)(O)c1ccc(CCCc2ccc(Pc3cc(-c4c(Pc5ccc(CCCc6ccc(S(O)(O)O)cc6)cc5)ccc5ccccc45)c4ccccc4c3)cc2)cc1. The Labute approximate surface area is 358 Å². The summed E-state index contributed by atoms with van der Waals surface area (Å²) < 4.78 is 56.9. The van der Waals surface area contributed by atoms with E-state index in [1.165, 1.54) is 65.0 Å². The van der Waals surface area contributed by atoms with E-state index in [0.717, 1.165) is 49.7 Å². The van der Waals surface area contributed by atoms with E-state index in [1.807, 2.05) is 24.3 Å². The topological polar surface area (TPSA) is 121 Å². The van der Waals surface area contributed by atoms with Gasteiger partial charge in [0.15, 0.2) is 0 Å². The minimum absolute atomic E-state index is 0.141. The molecule has 8 aromatic rings. The van der Waals surface area contributed by atoms with Gasteiger partial charge in [-0.1, -0.05) is 151 Å². The van der Waals surface area contributed by atoms with Gasteiger partial charge in [0.2, 0.25) is 0 Å². The lowest BCUT2D eigenvalue weighted by molar-refractivity contribution is 0.374. The maximum Gasteiger partial charge on any atom is 0.112 e. The number of rotatable bonds is 15. The Bertz CT molecular complexity index is 2710. The van der Waals surface area contributed by atoms with Crippen LogP contribution in [-0.4, -0.2) is 27.3 Å². The van der Waals surface area contributed by atoms with E-state index >= 15 is 0 Å². The Kier molecular flexibility index (Phi) is 13.2. The monoisotopic (exact) mass is 870 g/mol. The van der Waals surface area contributed by atoms with Crippen molar-refractivity contribution >= 4 is 81.7 Å². The van der Waals surface area contributed by atoms with Crippen LogP contribution in [0.25, 0.3) is 32.7 Å². The second-order valence-electron chi connectivity index (χ2n) is 15.1. The molecule has 0 saturated heterocycles. The summed E-state index contributed by atoms with van der Waals surface area (Å²) in [6.07, 6.45) is 5.53. The Morgan fingerprint density at radius 3 is 1.30 bits per heavy atom. The maximum atomic E-state index is 9.49. The number of aryl methyl sites for hydroxylation is 4. The minimum atomic E-state index is -3.69. The van der Waals surface area contributed by atoms with Crippen molar-refractivity contribution in [3.8, 4) is 11.1 Å². The van der Waals surface area contributed by atoms with Crippen molar-refractivity contribution in [3.63, 3.8) is 0 Å². The van der Waals surface area contributed by atoms with Crippen LogP contribution < -0.4 is 21.2 Å². The predicted octanol–water partition coefficient (Wildman–Crippen LogP) is 12.4. The van der Waals surface area contributed by atoms with Gasteiger partial charge in [0.1, 0.15) is 21.7 Å². The highest BCUT2D eigenvalue weighted by Crippen LogP contribution is 2.44. The first-order valence-corrected chi connectivity index (χ1v) is 24.9. The van der Waals surface area contributed by atoms with Gasteiger partial charge in [-0.2, -0.15) is 0 Å². The van der Waals surface area contributed by atoms with Gasteiger partial charge in [-0.05, 0) is 151 Å². The van der Waals surface area contributed by atoms with E-state index in [-0.39, 0.29) is 9.79 Å². The summed E-state index contributed by atoms with van der Waals surface area (Å²) in [6.45, 7) is 0. The first-order valence-electron chi connectivity index (χ1n) is 19.9. The zero-order valence-electron chi connectivity index (χ0n) is 32.9. The van der Waals surface area contributed by atoms with E-state index in [1.54, 1.807) is 24.3 Å². The van der Waals surface area contributed by atoms with E-state index in [4.69, 9.17) is 0 Å². The summed E-state index contributed by atoms with van der Waals surface area (Å²) in [5.41, 5.74) is 7.32. The molecule has 0 aliphatic heterocycles. The Hall–Kier alpha value is -4.40. The predicted molar refractivity (Wildman–Crippen MR) is 259 cm³/mol. The van der Waals surface area contributed by atoms with Crippen LogP contribution in [0.2, 0.25) is 0 Å². The fourth-order valence-corrected chi connectivity index (χ4v) is 11.1. The van der Waals surface area contributed by atoms with Gasteiger partial charge in [0, 0.05) is 0 Å². The fraction of sp³-hybridized carbons (Fsp3) is 0.120. The molecule has 0 amide bonds. The molecule has 10 heteroatoms. The number of benzene rings is 8. The highest BCUT2D eigenvalue weighted by atomic mass is 32.3. The van der Waals surface area contributed by atoms with Gasteiger partial charge in [0.05, 0.1) is 9.79 Å². The number of hydrogen-bond acceptors (Lipinski definition) is 6. The first kappa shape index (κ1) is 42.3. The largest absolute Gasteiger partial charge is 0.304 e. The van der Waals surface area contributed by atoms with Gasteiger partial charge in [-0.25, -0.2) is 0 Å². The van der Waals surface area contributed by atoms with Gasteiger partial charge >= 0.3 is 0 Å². The molecule has 60 heavy (non-hydrogen) atoms. The Morgan fingerprint density at radius 1 is 0.367 bits per heavy atom. The molecule has 0 heterocycles. The zero-order valence-corrected chi connectivity index (χ0v) is 36.5. The van der Waals surface area contributed by atoms with Crippen molar-refractivity contribution in [3.05, 3.63) is 192 Å². The summed E-state index contributed by atoms with van der Waals surface area (Å²) in [5, 5.41) is 10.2. The van der Waals surface area contributed by atoms with Crippen LogP contribution >= 0.6 is 38.9 Å². The van der Waals surface area contributed by atoms with E-state index < -0.39 is 21.7 Å². The molecule has 0 aromatic heterocycles.